The standard InChI is InChI=1S/C27H41N2O2P/c1-24(2)18-27(30-16-17-31-27)19-25(3,4)32(24)22-14-10-9-12-20(22)23-21(29(7)8)13-11-15-26(23,5)28-6/h9-14,28H,15-19H2,1-8H3. The van der Waals surface area contributed by atoms with Gasteiger partial charge in [-0.25, -0.2) is 0 Å². The summed E-state index contributed by atoms with van der Waals surface area (Å²) >= 11 is 0. The van der Waals surface area contributed by atoms with Gasteiger partial charge in [-0.15, -0.1) is 0 Å². The quantitative estimate of drug-likeness (QED) is 0.640. The lowest BCUT2D eigenvalue weighted by Gasteiger charge is -2.56. The highest BCUT2D eigenvalue weighted by Crippen LogP contribution is 2.68. The van der Waals surface area contributed by atoms with Crippen molar-refractivity contribution in [3.05, 3.63) is 47.7 Å². The number of hydrogen-bond acceptors (Lipinski definition) is 4. The molecule has 1 aromatic rings. The molecule has 1 N–H and O–H groups in total. The van der Waals surface area contributed by atoms with Gasteiger partial charge in [0.25, 0.3) is 0 Å². The third kappa shape index (κ3) is 3.98. The maximum atomic E-state index is 6.24. The Hall–Kier alpha value is -1.19. The first-order valence-electron chi connectivity index (χ1n) is 11.9. The molecule has 1 atom stereocenters. The van der Waals surface area contributed by atoms with E-state index in [4.69, 9.17) is 9.47 Å². The van der Waals surface area contributed by atoms with E-state index in [1.54, 1.807) is 0 Å². The lowest BCUT2D eigenvalue weighted by Crippen LogP contribution is -2.53. The van der Waals surface area contributed by atoms with E-state index in [0.29, 0.717) is 13.2 Å². The molecular weight excluding hydrogens is 415 g/mol. The van der Waals surface area contributed by atoms with Crippen LogP contribution in [0.15, 0.2) is 42.1 Å². The van der Waals surface area contributed by atoms with Gasteiger partial charge in [-0.3, -0.25) is 0 Å². The molecule has 0 radical (unpaired) electrons. The molecule has 32 heavy (non-hydrogen) atoms. The highest BCUT2D eigenvalue weighted by molar-refractivity contribution is 7.68. The first-order chi connectivity index (χ1) is 14.9. The van der Waals surface area contributed by atoms with Crippen LogP contribution in [0.25, 0.3) is 5.57 Å². The van der Waals surface area contributed by atoms with Crippen LogP contribution in [0.1, 0.15) is 59.4 Å². The van der Waals surface area contributed by atoms with Crippen molar-refractivity contribution >= 4 is 18.8 Å². The number of benzene rings is 1. The Bertz CT molecular complexity index is 907. The maximum Gasteiger partial charge on any atom is 0.170 e. The number of hydrogen-bond donors (Lipinski definition) is 1. The predicted octanol–water partition coefficient (Wildman–Crippen LogP) is 5.10. The van der Waals surface area contributed by atoms with Crippen LogP contribution in [-0.4, -0.2) is 60.9 Å². The van der Waals surface area contributed by atoms with E-state index >= 15 is 0 Å². The van der Waals surface area contributed by atoms with Gasteiger partial charge in [0.1, 0.15) is 0 Å². The van der Waals surface area contributed by atoms with E-state index in [1.807, 2.05) is 0 Å². The van der Waals surface area contributed by atoms with E-state index in [1.165, 1.54) is 22.1 Å². The number of likely N-dealkylation sites (N-methyl/N-ethyl adjacent to an activating group) is 2. The van der Waals surface area contributed by atoms with Crippen LogP contribution in [-0.2, 0) is 9.47 Å². The fourth-order valence-corrected chi connectivity index (χ4v) is 10.9. The second-order valence-corrected chi connectivity index (χ2v) is 14.9. The van der Waals surface area contributed by atoms with Crippen LogP contribution in [0.5, 0.6) is 0 Å². The van der Waals surface area contributed by atoms with Crippen molar-refractivity contribution < 1.29 is 9.47 Å². The Balaban J connectivity index is 1.89. The third-order valence-electron chi connectivity index (χ3n) is 7.49. The smallest absolute Gasteiger partial charge is 0.170 e. The first kappa shape index (κ1) is 24.0. The number of rotatable bonds is 4. The van der Waals surface area contributed by atoms with Gasteiger partial charge < -0.3 is 19.7 Å². The summed E-state index contributed by atoms with van der Waals surface area (Å²) in [7, 11) is 5.91. The van der Waals surface area contributed by atoms with Crippen molar-refractivity contribution in [1.29, 1.82) is 0 Å². The summed E-state index contributed by atoms with van der Waals surface area (Å²) in [4.78, 5) is 2.26. The van der Waals surface area contributed by atoms with Crippen molar-refractivity contribution in [2.75, 3.05) is 34.4 Å². The van der Waals surface area contributed by atoms with Crippen molar-refractivity contribution in [2.45, 2.75) is 75.5 Å². The van der Waals surface area contributed by atoms with E-state index in [0.717, 1.165) is 19.3 Å². The topological polar surface area (TPSA) is 33.7 Å². The molecule has 0 bridgehead atoms. The molecule has 2 aliphatic heterocycles. The van der Waals surface area contributed by atoms with Gasteiger partial charge in [0.05, 0.1) is 13.2 Å². The molecule has 176 valence electrons. The summed E-state index contributed by atoms with van der Waals surface area (Å²) in [6, 6.07) is 9.18. The fraction of sp³-hybridized carbons (Fsp3) is 0.630. The zero-order valence-corrected chi connectivity index (χ0v) is 22.1. The van der Waals surface area contributed by atoms with Crippen molar-refractivity contribution in [3.8, 4) is 0 Å². The molecule has 2 heterocycles. The second kappa shape index (κ2) is 8.24. The van der Waals surface area contributed by atoms with E-state index in [-0.39, 0.29) is 15.9 Å². The van der Waals surface area contributed by atoms with Gasteiger partial charge in [-0.05, 0) is 47.6 Å². The Labute approximate surface area is 196 Å². The maximum absolute atomic E-state index is 6.24. The molecule has 5 heteroatoms. The van der Waals surface area contributed by atoms with Gasteiger partial charge in [0.2, 0.25) is 0 Å². The summed E-state index contributed by atoms with van der Waals surface area (Å²) < 4.78 is 12.5. The van der Waals surface area contributed by atoms with Crippen LogP contribution >= 0.6 is 7.92 Å². The second-order valence-electron chi connectivity index (χ2n) is 11.3. The SMILES string of the molecule is CNC1(C)CC=CC(N(C)C)=C1c1ccccc1P1C(C)(C)CC2(CC1(C)C)OCCO2. The lowest BCUT2D eigenvalue weighted by molar-refractivity contribution is -0.178. The number of nitrogens with one attached hydrogen (secondary N) is 1. The number of nitrogens with zero attached hydrogens (tertiary/aromatic N) is 1. The van der Waals surface area contributed by atoms with E-state index in [9.17, 15) is 0 Å². The lowest BCUT2D eigenvalue weighted by atomic mass is 9.79. The fourth-order valence-electron chi connectivity index (χ4n) is 6.50. The highest BCUT2D eigenvalue weighted by Gasteiger charge is 2.57. The number of ether oxygens (including phenoxy) is 2. The Kier molecular flexibility index (Phi) is 6.16. The molecule has 1 aromatic carbocycles. The van der Waals surface area contributed by atoms with Gasteiger partial charge >= 0.3 is 0 Å². The van der Waals surface area contributed by atoms with Gasteiger partial charge in [0.15, 0.2) is 5.79 Å². The first-order valence-corrected chi connectivity index (χ1v) is 13.2. The number of allylic oxidation sites excluding steroid dienone is 1. The van der Waals surface area contributed by atoms with Crippen molar-refractivity contribution in [1.82, 2.24) is 10.2 Å². The molecule has 4 rings (SSSR count). The van der Waals surface area contributed by atoms with Gasteiger partial charge in [-0.1, -0.05) is 66.0 Å². The van der Waals surface area contributed by atoms with Crippen LogP contribution in [0.3, 0.4) is 0 Å². The molecule has 0 amide bonds. The molecule has 2 fully saturated rings. The monoisotopic (exact) mass is 456 g/mol. The van der Waals surface area contributed by atoms with E-state index in [2.05, 4.69) is 102 Å². The third-order valence-corrected chi connectivity index (χ3v) is 11.1. The average Bonchev–Trinajstić information content (AvgIpc) is 3.13. The van der Waals surface area contributed by atoms with Gasteiger partial charge in [0, 0.05) is 43.7 Å². The zero-order valence-electron chi connectivity index (χ0n) is 21.2. The molecule has 0 saturated carbocycles. The van der Waals surface area contributed by atoms with Crippen molar-refractivity contribution in [3.63, 3.8) is 0 Å². The largest absolute Gasteiger partial charge is 0.377 e. The Morgan fingerprint density at radius 3 is 2.09 bits per heavy atom. The van der Waals surface area contributed by atoms with Crippen molar-refractivity contribution in [2.24, 2.45) is 0 Å². The molecule has 2 saturated heterocycles. The Morgan fingerprint density at radius 2 is 1.53 bits per heavy atom. The van der Waals surface area contributed by atoms with Crippen LogP contribution in [0, 0.1) is 0 Å². The minimum Gasteiger partial charge on any atom is -0.377 e. The van der Waals surface area contributed by atoms with Gasteiger partial charge in [-0.2, -0.15) is 0 Å². The molecule has 0 aromatic heterocycles. The van der Waals surface area contributed by atoms with Crippen LogP contribution in [0.4, 0.5) is 0 Å². The summed E-state index contributed by atoms with van der Waals surface area (Å²) in [5.41, 5.74) is 3.99. The summed E-state index contributed by atoms with van der Waals surface area (Å²) in [6.07, 6.45) is 7.49. The molecular formula is C27H41N2O2P. The van der Waals surface area contributed by atoms with E-state index < -0.39 is 13.7 Å². The van der Waals surface area contributed by atoms with Crippen LogP contribution < -0.4 is 10.6 Å². The minimum atomic E-state index is -0.490. The molecule has 1 unspecified atom stereocenters. The average molecular weight is 457 g/mol. The molecule has 3 aliphatic rings. The Morgan fingerprint density at radius 1 is 0.938 bits per heavy atom. The zero-order chi connectivity index (χ0) is 23.4. The molecule has 1 spiro atoms. The molecule has 4 nitrogen and oxygen atoms in total. The summed E-state index contributed by atoms with van der Waals surface area (Å²) in [5, 5.41) is 5.36. The minimum absolute atomic E-state index is 0.0942. The highest BCUT2D eigenvalue weighted by atomic mass is 31.1. The predicted molar refractivity (Wildman–Crippen MR) is 137 cm³/mol. The normalized spacial score (nSPS) is 29.0. The summed E-state index contributed by atoms with van der Waals surface area (Å²) in [6.45, 7) is 13.5. The van der Waals surface area contributed by atoms with Crippen LogP contribution in [0.2, 0.25) is 0 Å². The summed E-state index contributed by atoms with van der Waals surface area (Å²) in [5.74, 6) is -0.415. The molecule has 1 aliphatic carbocycles.